The molecule has 210 valence electrons. The van der Waals surface area contributed by atoms with Crippen LogP contribution in [0.15, 0.2) is 24.3 Å². The Labute approximate surface area is 219 Å². The van der Waals surface area contributed by atoms with Crippen molar-refractivity contribution in [1.29, 1.82) is 0 Å². The third-order valence-electron chi connectivity index (χ3n) is 5.56. The third kappa shape index (κ3) is 11.2. The van der Waals surface area contributed by atoms with Gasteiger partial charge in [0.25, 0.3) is 0 Å². The Morgan fingerprint density at radius 1 is 0.816 bits per heavy atom. The summed E-state index contributed by atoms with van der Waals surface area (Å²) >= 11 is 0. The van der Waals surface area contributed by atoms with E-state index in [1.807, 2.05) is 0 Å². The topological polar surface area (TPSA) is 251 Å². The van der Waals surface area contributed by atoms with Crippen molar-refractivity contribution < 1.29 is 44.1 Å². The summed E-state index contributed by atoms with van der Waals surface area (Å²) in [5.41, 5.74) is 11.3. The number of primary amides is 1. The van der Waals surface area contributed by atoms with Crippen molar-refractivity contribution in [2.24, 2.45) is 17.4 Å². The molecule has 0 aliphatic carbocycles. The fourth-order valence-electron chi connectivity index (χ4n) is 3.36. The molecule has 0 radical (unpaired) electrons. The van der Waals surface area contributed by atoms with Gasteiger partial charge in [0, 0.05) is 19.3 Å². The van der Waals surface area contributed by atoms with Crippen LogP contribution in [0.25, 0.3) is 0 Å². The maximum Gasteiger partial charge on any atom is 0.326 e. The number of nitrogens with one attached hydrogen (secondary N) is 3. The minimum absolute atomic E-state index is 0.00869. The van der Waals surface area contributed by atoms with Crippen LogP contribution in [0.5, 0.6) is 5.75 Å². The lowest BCUT2D eigenvalue weighted by atomic mass is 10.00. The Hall–Kier alpha value is -4.20. The highest BCUT2D eigenvalue weighted by molar-refractivity contribution is 5.94. The number of carbonyl (C=O) groups excluding carboxylic acids is 4. The summed E-state index contributed by atoms with van der Waals surface area (Å²) in [5, 5.41) is 35.2. The summed E-state index contributed by atoms with van der Waals surface area (Å²) in [5.74, 6) is -6.25. The van der Waals surface area contributed by atoms with Gasteiger partial charge < -0.3 is 42.7 Å². The van der Waals surface area contributed by atoms with E-state index in [4.69, 9.17) is 16.6 Å². The van der Waals surface area contributed by atoms with E-state index in [2.05, 4.69) is 16.0 Å². The van der Waals surface area contributed by atoms with Crippen LogP contribution in [0.2, 0.25) is 0 Å². The lowest BCUT2D eigenvalue weighted by Gasteiger charge is -2.27. The van der Waals surface area contributed by atoms with Gasteiger partial charge in [-0.15, -0.1) is 0 Å². The van der Waals surface area contributed by atoms with Gasteiger partial charge in [0.2, 0.25) is 23.6 Å². The van der Waals surface area contributed by atoms with Crippen molar-refractivity contribution in [3.05, 3.63) is 29.8 Å². The molecule has 1 rings (SSSR count). The number of hydrogen-bond acceptors (Lipinski definition) is 8. The molecule has 38 heavy (non-hydrogen) atoms. The van der Waals surface area contributed by atoms with Crippen molar-refractivity contribution in [2.75, 3.05) is 0 Å². The molecule has 14 heteroatoms. The van der Waals surface area contributed by atoms with Crippen molar-refractivity contribution in [1.82, 2.24) is 16.0 Å². The second kappa shape index (κ2) is 15.1. The van der Waals surface area contributed by atoms with Crippen LogP contribution in [0.4, 0.5) is 0 Å². The largest absolute Gasteiger partial charge is 0.508 e. The number of carboxylic acid groups (broad SMARTS) is 2. The van der Waals surface area contributed by atoms with Crippen molar-refractivity contribution >= 4 is 35.6 Å². The number of aromatic hydroxyl groups is 1. The fraction of sp³-hybridized carbons (Fsp3) is 0.500. The molecule has 4 atom stereocenters. The molecule has 0 aliphatic rings. The number of phenols is 1. The first-order valence-corrected chi connectivity index (χ1v) is 11.9. The molecule has 0 bridgehead atoms. The predicted molar refractivity (Wildman–Crippen MR) is 133 cm³/mol. The first-order chi connectivity index (χ1) is 17.7. The van der Waals surface area contributed by atoms with E-state index in [1.165, 1.54) is 24.3 Å². The molecule has 4 amide bonds. The number of aliphatic carboxylic acids is 2. The Kier molecular flexibility index (Phi) is 12.7. The van der Waals surface area contributed by atoms with E-state index in [1.54, 1.807) is 13.8 Å². The molecule has 0 aliphatic heterocycles. The minimum Gasteiger partial charge on any atom is -0.508 e. The summed E-state index contributed by atoms with van der Waals surface area (Å²) in [6.07, 6.45) is -1.17. The number of carbonyl (C=O) groups is 6. The Bertz CT molecular complexity index is 1010. The Morgan fingerprint density at radius 3 is 1.89 bits per heavy atom. The van der Waals surface area contributed by atoms with Crippen LogP contribution in [-0.4, -0.2) is 75.1 Å². The normalized spacial score (nSPS) is 14.0. The zero-order valence-electron chi connectivity index (χ0n) is 21.2. The van der Waals surface area contributed by atoms with Crippen molar-refractivity contribution in [2.45, 2.75) is 70.1 Å². The number of amides is 4. The number of carboxylic acids is 2. The highest BCUT2D eigenvalue weighted by atomic mass is 16.4. The smallest absolute Gasteiger partial charge is 0.326 e. The van der Waals surface area contributed by atoms with Crippen LogP contribution < -0.4 is 27.4 Å². The van der Waals surface area contributed by atoms with Gasteiger partial charge in [-0.1, -0.05) is 26.0 Å². The highest BCUT2D eigenvalue weighted by Gasteiger charge is 2.32. The molecule has 10 N–H and O–H groups in total. The second-order valence-corrected chi connectivity index (χ2v) is 9.11. The van der Waals surface area contributed by atoms with Gasteiger partial charge >= 0.3 is 11.9 Å². The summed E-state index contributed by atoms with van der Waals surface area (Å²) in [4.78, 5) is 72.1. The Balaban J connectivity index is 2.98. The average molecular weight is 538 g/mol. The van der Waals surface area contributed by atoms with Gasteiger partial charge in [-0.2, -0.15) is 0 Å². The fourth-order valence-corrected chi connectivity index (χ4v) is 3.36. The minimum atomic E-state index is -1.38. The van der Waals surface area contributed by atoms with Crippen LogP contribution in [0, 0.1) is 5.92 Å². The molecular formula is C24H35N5O9. The van der Waals surface area contributed by atoms with E-state index in [-0.39, 0.29) is 31.4 Å². The Morgan fingerprint density at radius 2 is 1.39 bits per heavy atom. The summed E-state index contributed by atoms with van der Waals surface area (Å²) in [6, 6.07) is 0.610. The number of benzene rings is 1. The molecule has 0 saturated carbocycles. The van der Waals surface area contributed by atoms with Gasteiger partial charge in [0.15, 0.2) is 0 Å². The quantitative estimate of drug-likeness (QED) is 0.122. The molecule has 1 aromatic carbocycles. The lowest BCUT2D eigenvalue weighted by molar-refractivity contribution is -0.142. The van der Waals surface area contributed by atoms with E-state index < -0.39 is 72.1 Å². The summed E-state index contributed by atoms with van der Waals surface area (Å²) in [6.45, 7) is 3.20. The van der Waals surface area contributed by atoms with Gasteiger partial charge in [-0.3, -0.25) is 24.0 Å². The first kappa shape index (κ1) is 31.8. The average Bonchev–Trinajstić information content (AvgIpc) is 2.83. The van der Waals surface area contributed by atoms with E-state index in [0.717, 1.165) is 0 Å². The van der Waals surface area contributed by atoms with Crippen LogP contribution in [-0.2, 0) is 35.2 Å². The zero-order valence-corrected chi connectivity index (χ0v) is 21.2. The molecule has 0 fully saturated rings. The lowest BCUT2D eigenvalue weighted by Crippen LogP contribution is -2.58. The van der Waals surface area contributed by atoms with Crippen LogP contribution in [0.1, 0.15) is 45.1 Å². The third-order valence-corrected chi connectivity index (χ3v) is 5.56. The molecule has 1 aromatic rings. The van der Waals surface area contributed by atoms with E-state index >= 15 is 0 Å². The maximum atomic E-state index is 13.0. The molecule has 0 heterocycles. The van der Waals surface area contributed by atoms with Crippen LogP contribution in [0.3, 0.4) is 0 Å². The molecule has 0 saturated heterocycles. The number of phenolic OH excluding ortho intramolecular Hbond substituents is 1. The summed E-state index contributed by atoms with van der Waals surface area (Å²) < 4.78 is 0. The second-order valence-electron chi connectivity index (χ2n) is 9.11. The highest BCUT2D eigenvalue weighted by Crippen LogP contribution is 2.12. The van der Waals surface area contributed by atoms with Crippen molar-refractivity contribution in [3.63, 3.8) is 0 Å². The maximum absolute atomic E-state index is 13.0. The van der Waals surface area contributed by atoms with Crippen LogP contribution >= 0.6 is 0 Å². The van der Waals surface area contributed by atoms with E-state index in [9.17, 15) is 39.0 Å². The van der Waals surface area contributed by atoms with Gasteiger partial charge in [0.05, 0.1) is 6.04 Å². The molecular weight excluding hydrogens is 502 g/mol. The summed E-state index contributed by atoms with van der Waals surface area (Å²) in [7, 11) is 0. The van der Waals surface area contributed by atoms with E-state index in [0.29, 0.717) is 5.56 Å². The molecule has 0 spiro atoms. The van der Waals surface area contributed by atoms with Gasteiger partial charge in [-0.25, -0.2) is 4.79 Å². The molecule has 4 unspecified atom stereocenters. The van der Waals surface area contributed by atoms with Gasteiger partial charge in [-0.05, 0) is 36.5 Å². The van der Waals surface area contributed by atoms with Gasteiger partial charge in [0.1, 0.15) is 23.9 Å². The first-order valence-electron chi connectivity index (χ1n) is 11.9. The number of rotatable bonds is 16. The number of nitrogens with two attached hydrogens (primary N) is 2. The monoisotopic (exact) mass is 537 g/mol. The zero-order chi connectivity index (χ0) is 29.0. The number of hydrogen-bond donors (Lipinski definition) is 8. The molecule has 14 nitrogen and oxygen atoms in total. The predicted octanol–water partition coefficient (Wildman–Crippen LogP) is -1.41. The SMILES string of the molecule is CC(C)C(NC(=O)C(CCC(=O)O)NC(=O)C(N)CCC(N)=O)C(=O)NC(Cc1ccc(O)cc1)C(=O)O. The molecule has 0 aromatic heterocycles. The van der Waals surface area contributed by atoms with Crippen molar-refractivity contribution in [3.8, 4) is 5.75 Å². The standard InChI is InChI=1S/C24H35N5O9/c1-12(2)20(23(36)28-17(24(37)38)11-13-3-5-14(30)6-4-13)29-22(35)16(8-10-19(32)33)27-21(34)15(25)7-9-18(26)31/h3-6,12,15-17,20,30H,7-11,25H2,1-2H3,(H2,26,31)(H,27,34)(H,28,36)(H,29,35)(H,32,33)(H,37,38).